The van der Waals surface area contributed by atoms with Gasteiger partial charge in [-0.15, -0.1) is 10.2 Å². The molecule has 2 aromatic rings. The third-order valence-electron chi connectivity index (χ3n) is 3.15. The van der Waals surface area contributed by atoms with Gasteiger partial charge in [0.25, 0.3) is 5.56 Å². The summed E-state index contributed by atoms with van der Waals surface area (Å²) in [5.74, 6) is 0.688. The van der Waals surface area contributed by atoms with Gasteiger partial charge >= 0.3 is 0 Å². The van der Waals surface area contributed by atoms with Crippen molar-refractivity contribution in [3.8, 4) is 0 Å². The molecule has 7 heteroatoms. The molecule has 0 bridgehead atoms. The Balaban J connectivity index is 1.78. The Hall–Kier alpha value is -2.02. The Morgan fingerprint density at radius 3 is 3.17 bits per heavy atom. The Kier molecular flexibility index (Phi) is 2.67. The van der Waals surface area contributed by atoms with Gasteiger partial charge in [-0.3, -0.25) is 9.69 Å². The zero-order valence-electron chi connectivity index (χ0n) is 10.1. The van der Waals surface area contributed by atoms with Gasteiger partial charge in [0.15, 0.2) is 5.82 Å². The van der Waals surface area contributed by atoms with Gasteiger partial charge in [0.05, 0.1) is 13.6 Å². The van der Waals surface area contributed by atoms with Crippen molar-refractivity contribution in [1.82, 2.24) is 30.1 Å². The molecule has 0 atom stereocenters. The number of aromatic nitrogens is 5. The van der Waals surface area contributed by atoms with Crippen molar-refractivity contribution in [2.45, 2.75) is 19.5 Å². The maximum Gasteiger partial charge on any atom is 0.252 e. The lowest BCUT2D eigenvalue weighted by Gasteiger charge is -2.26. The Bertz CT molecular complexity index is 616. The zero-order valence-corrected chi connectivity index (χ0v) is 10.1. The van der Waals surface area contributed by atoms with Crippen LogP contribution in [0.2, 0.25) is 0 Å². The second-order valence-electron chi connectivity index (χ2n) is 4.47. The molecule has 0 aliphatic carbocycles. The van der Waals surface area contributed by atoms with Gasteiger partial charge in [-0.2, -0.15) is 4.80 Å². The fourth-order valence-corrected chi connectivity index (χ4v) is 2.26. The number of aryl methyl sites for hydroxylation is 1. The van der Waals surface area contributed by atoms with Gasteiger partial charge in [0, 0.05) is 24.8 Å². The summed E-state index contributed by atoms with van der Waals surface area (Å²) in [5, 5.41) is 11.9. The van der Waals surface area contributed by atoms with Crippen LogP contribution in [0.4, 0.5) is 0 Å². The number of H-pyrrole nitrogens is 1. The molecule has 0 amide bonds. The molecular formula is C11H14N6O. The van der Waals surface area contributed by atoms with Crippen LogP contribution in [-0.4, -0.2) is 36.6 Å². The van der Waals surface area contributed by atoms with Crippen LogP contribution in [0.3, 0.4) is 0 Å². The highest BCUT2D eigenvalue weighted by molar-refractivity contribution is 5.25. The van der Waals surface area contributed by atoms with E-state index >= 15 is 0 Å². The van der Waals surface area contributed by atoms with E-state index in [0.717, 1.165) is 24.1 Å². The van der Waals surface area contributed by atoms with Crippen LogP contribution in [0, 0.1) is 0 Å². The second kappa shape index (κ2) is 4.34. The SMILES string of the molecule is Cn1nnc(CN2CCc3cc[nH]c(=O)c3C2)n1. The van der Waals surface area contributed by atoms with Crippen LogP contribution in [0.5, 0.6) is 0 Å². The van der Waals surface area contributed by atoms with Crippen molar-refractivity contribution in [3.05, 3.63) is 39.6 Å². The molecule has 1 aliphatic rings. The van der Waals surface area contributed by atoms with Crippen LogP contribution < -0.4 is 5.56 Å². The lowest BCUT2D eigenvalue weighted by Crippen LogP contribution is -2.34. The summed E-state index contributed by atoms with van der Waals surface area (Å²) >= 11 is 0. The summed E-state index contributed by atoms with van der Waals surface area (Å²) in [4.78, 5) is 18.1. The number of hydrogen-bond donors (Lipinski definition) is 1. The summed E-state index contributed by atoms with van der Waals surface area (Å²) in [6.07, 6.45) is 2.60. The number of pyridine rings is 1. The van der Waals surface area contributed by atoms with Crippen molar-refractivity contribution in [2.24, 2.45) is 7.05 Å². The molecule has 0 saturated heterocycles. The molecule has 1 aliphatic heterocycles. The highest BCUT2D eigenvalue weighted by Gasteiger charge is 2.19. The van der Waals surface area contributed by atoms with Crippen molar-refractivity contribution in [3.63, 3.8) is 0 Å². The number of rotatable bonds is 2. The van der Waals surface area contributed by atoms with E-state index in [0.29, 0.717) is 18.9 Å². The molecule has 0 unspecified atom stereocenters. The van der Waals surface area contributed by atoms with Crippen LogP contribution in [0.1, 0.15) is 17.0 Å². The predicted molar refractivity (Wildman–Crippen MR) is 63.7 cm³/mol. The first kappa shape index (κ1) is 11.1. The molecule has 3 rings (SSSR count). The van der Waals surface area contributed by atoms with E-state index in [9.17, 15) is 4.79 Å². The highest BCUT2D eigenvalue weighted by atomic mass is 16.1. The Labute approximate surface area is 103 Å². The minimum atomic E-state index is 0.00399. The topological polar surface area (TPSA) is 79.7 Å². The first-order valence-electron chi connectivity index (χ1n) is 5.87. The molecule has 0 fully saturated rings. The fourth-order valence-electron chi connectivity index (χ4n) is 2.26. The molecule has 0 saturated carbocycles. The molecular weight excluding hydrogens is 232 g/mol. The number of tetrazole rings is 1. The van der Waals surface area contributed by atoms with Crippen LogP contribution in [-0.2, 0) is 26.6 Å². The zero-order chi connectivity index (χ0) is 12.5. The van der Waals surface area contributed by atoms with E-state index < -0.39 is 0 Å². The molecule has 94 valence electrons. The van der Waals surface area contributed by atoms with Crippen LogP contribution >= 0.6 is 0 Å². The monoisotopic (exact) mass is 246 g/mol. The predicted octanol–water partition coefficient (Wildman–Crippen LogP) is -0.543. The van der Waals surface area contributed by atoms with Gasteiger partial charge in [-0.25, -0.2) is 0 Å². The highest BCUT2D eigenvalue weighted by Crippen LogP contribution is 2.15. The number of nitrogens with zero attached hydrogens (tertiary/aromatic N) is 5. The molecule has 7 nitrogen and oxygen atoms in total. The number of aromatic amines is 1. The molecule has 1 N–H and O–H groups in total. The third-order valence-corrected chi connectivity index (χ3v) is 3.15. The van der Waals surface area contributed by atoms with Gasteiger partial charge in [0.2, 0.25) is 0 Å². The quantitative estimate of drug-likeness (QED) is 0.769. The summed E-state index contributed by atoms with van der Waals surface area (Å²) in [6.45, 7) is 2.18. The minimum Gasteiger partial charge on any atom is -0.329 e. The van der Waals surface area contributed by atoms with Crippen LogP contribution in [0.25, 0.3) is 0 Å². The van der Waals surface area contributed by atoms with Gasteiger partial charge in [0.1, 0.15) is 0 Å². The van der Waals surface area contributed by atoms with E-state index in [4.69, 9.17) is 0 Å². The van der Waals surface area contributed by atoms with Gasteiger partial charge < -0.3 is 4.98 Å². The lowest BCUT2D eigenvalue weighted by atomic mass is 10.0. The molecule has 3 heterocycles. The smallest absolute Gasteiger partial charge is 0.252 e. The standard InChI is InChI=1S/C11H14N6O/c1-16-14-10(13-15-16)7-17-5-3-8-2-4-12-11(18)9(8)6-17/h2,4H,3,5-7H2,1H3,(H,12,18). The summed E-state index contributed by atoms with van der Waals surface area (Å²) in [6, 6.07) is 1.98. The number of nitrogens with one attached hydrogen (secondary N) is 1. The molecule has 0 aromatic carbocycles. The first-order valence-corrected chi connectivity index (χ1v) is 5.87. The van der Waals surface area contributed by atoms with Gasteiger partial charge in [-0.1, -0.05) is 0 Å². The van der Waals surface area contributed by atoms with E-state index in [-0.39, 0.29) is 5.56 Å². The van der Waals surface area contributed by atoms with Gasteiger partial charge in [-0.05, 0) is 23.3 Å². The Morgan fingerprint density at radius 2 is 2.39 bits per heavy atom. The molecule has 0 spiro atoms. The van der Waals surface area contributed by atoms with Crippen molar-refractivity contribution < 1.29 is 0 Å². The van der Waals surface area contributed by atoms with Crippen molar-refractivity contribution in [1.29, 1.82) is 0 Å². The molecule has 0 radical (unpaired) electrons. The largest absolute Gasteiger partial charge is 0.329 e. The Morgan fingerprint density at radius 1 is 1.50 bits per heavy atom. The summed E-state index contributed by atoms with van der Waals surface area (Å²) in [5.41, 5.74) is 2.00. The third kappa shape index (κ3) is 2.04. The maximum absolute atomic E-state index is 11.7. The molecule has 2 aromatic heterocycles. The average Bonchev–Trinajstić information content (AvgIpc) is 2.76. The lowest BCUT2D eigenvalue weighted by molar-refractivity contribution is 0.238. The minimum absolute atomic E-state index is 0.00399. The van der Waals surface area contributed by atoms with E-state index in [1.165, 1.54) is 4.80 Å². The second-order valence-corrected chi connectivity index (χ2v) is 4.47. The average molecular weight is 246 g/mol. The number of fused-ring (bicyclic) bond motifs is 1. The van der Waals surface area contributed by atoms with E-state index in [2.05, 4.69) is 25.3 Å². The first-order chi connectivity index (χ1) is 8.72. The normalized spacial score (nSPS) is 15.6. The van der Waals surface area contributed by atoms with E-state index in [1.807, 2.05) is 6.07 Å². The number of hydrogen-bond acceptors (Lipinski definition) is 5. The van der Waals surface area contributed by atoms with Crippen LogP contribution in [0.15, 0.2) is 17.1 Å². The van der Waals surface area contributed by atoms with E-state index in [1.54, 1.807) is 13.2 Å². The summed E-state index contributed by atoms with van der Waals surface area (Å²) in [7, 11) is 1.74. The maximum atomic E-state index is 11.7. The summed E-state index contributed by atoms with van der Waals surface area (Å²) < 4.78 is 0. The molecule has 18 heavy (non-hydrogen) atoms. The van der Waals surface area contributed by atoms with Crippen molar-refractivity contribution in [2.75, 3.05) is 6.54 Å². The fraction of sp³-hybridized carbons (Fsp3) is 0.455. The van der Waals surface area contributed by atoms with Crippen molar-refractivity contribution >= 4 is 0 Å².